The highest BCUT2D eigenvalue weighted by molar-refractivity contribution is 7.14. The van der Waals surface area contributed by atoms with Crippen molar-refractivity contribution >= 4 is 9.39 Å². The normalized spacial score (nSPS) is 7.38. The van der Waals surface area contributed by atoms with Crippen molar-refractivity contribution in [3.05, 3.63) is 24.5 Å². The predicted octanol–water partition coefficient (Wildman–Crippen LogP) is 2.15. The molecule has 0 aliphatic rings. The zero-order valence-electron chi connectivity index (χ0n) is 5.33. The Bertz CT molecular complexity index is 112. The van der Waals surface area contributed by atoms with Gasteiger partial charge in [-0.25, -0.2) is 0 Å². The van der Waals surface area contributed by atoms with Gasteiger partial charge < -0.3 is 4.34 Å². The molecule has 0 fully saturated rings. The van der Waals surface area contributed by atoms with Crippen molar-refractivity contribution in [2.75, 3.05) is 0 Å². The Morgan fingerprint density at radius 3 is 1.62 bits per heavy atom. The quantitative estimate of drug-likeness (QED) is 0.473. The molecule has 0 spiro atoms. The molecule has 1 aromatic heterocycles. The van der Waals surface area contributed by atoms with E-state index in [1.165, 1.54) is 0 Å². The minimum absolute atomic E-state index is 1.92. The van der Waals surface area contributed by atoms with E-state index >= 15 is 0 Å². The zero-order valence-corrected chi connectivity index (χ0v) is 6.49. The third-order valence-corrected chi connectivity index (χ3v) is 0.972. The van der Waals surface area contributed by atoms with Crippen molar-refractivity contribution in [2.24, 2.45) is 0 Å². The topological polar surface area (TPSA) is 4.93 Å². The van der Waals surface area contributed by atoms with Crippen LogP contribution in [0.15, 0.2) is 24.5 Å². The van der Waals surface area contributed by atoms with Gasteiger partial charge in [0.1, 0.15) is 0 Å². The fraction of sp³-hybridized carbons (Fsp3) is 0.333. The number of aromatic nitrogens is 1. The summed E-state index contributed by atoms with van der Waals surface area (Å²) in [6.07, 6.45) is 3.93. The standard InChI is InChI=1S/C4H6NP.C2H6/c6-5-3-1-2-4-5;1-2/h1-4H,6H2;1-2H3. The van der Waals surface area contributed by atoms with Crippen LogP contribution in [0.5, 0.6) is 0 Å². The lowest BCUT2D eigenvalue weighted by Crippen LogP contribution is -1.61. The van der Waals surface area contributed by atoms with Gasteiger partial charge in [-0.2, -0.15) is 0 Å². The second-order valence-corrected chi connectivity index (χ2v) is 1.73. The maximum atomic E-state index is 2.53. The highest BCUT2D eigenvalue weighted by atomic mass is 31.0. The van der Waals surface area contributed by atoms with Crippen LogP contribution in [0.25, 0.3) is 0 Å². The first-order valence-electron chi connectivity index (χ1n) is 2.77. The van der Waals surface area contributed by atoms with E-state index in [1.807, 2.05) is 42.7 Å². The maximum Gasteiger partial charge on any atom is 0.00677 e. The minimum Gasteiger partial charge on any atom is -0.339 e. The number of rotatable bonds is 0. The Kier molecular flexibility index (Phi) is 4.68. The number of nitrogens with zero attached hydrogens (tertiary/aromatic N) is 1. The smallest absolute Gasteiger partial charge is 0.00677 e. The predicted molar refractivity (Wildman–Crippen MR) is 40.9 cm³/mol. The lowest BCUT2D eigenvalue weighted by molar-refractivity contribution is 1.29. The monoisotopic (exact) mass is 129 g/mol. The average molecular weight is 129 g/mol. The molecular formula is C6H12NP. The fourth-order valence-corrected chi connectivity index (χ4v) is 0.547. The summed E-state index contributed by atoms with van der Waals surface area (Å²) in [4.78, 5) is 0. The summed E-state index contributed by atoms with van der Waals surface area (Å²) in [6, 6.07) is 3.96. The van der Waals surface area contributed by atoms with Crippen LogP contribution in [0.1, 0.15) is 13.8 Å². The van der Waals surface area contributed by atoms with Crippen LogP contribution in [0.3, 0.4) is 0 Å². The van der Waals surface area contributed by atoms with Crippen LogP contribution in [-0.2, 0) is 0 Å². The summed E-state index contributed by atoms with van der Waals surface area (Å²) in [5, 5.41) is 0. The molecular weight excluding hydrogens is 117 g/mol. The molecule has 0 saturated carbocycles. The summed E-state index contributed by atoms with van der Waals surface area (Å²) in [5.41, 5.74) is 0. The van der Waals surface area contributed by atoms with E-state index in [4.69, 9.17) is 0 Å². The molecule has 2 heteroatoms. The Hall–Kier alpha value is -0.290. The SMILES string of the molecule is CC.Pn1cccc1. The van der Waals surface area contributed by atoms with Gasteiger partial charge in [0.15, 0.2) is 0 Å². The average Bonchev–Trinajstić information content (AvgIpc) is 2.24. The van der Waals surface area contributed by atoms with Crippen molar-refractivity contribution in [3.63, 3.8) is 0 Å². The van der Waals surface area contributed by atoms with Crippen LogP contribution in [-0.4, -0.2) is 4.34 Å². The highest BCUT2D eigenvalue weighted by Crippen LogP contribution is 1.91. The van der Waals surface area contributed by atoms with E-state index in [0.29, 0.717) is 0 Å². The number of hydrogen-bond acceptors (Lipinski definition) is 0. The second kappa shape index (κ2) is 4.86. The first-order valence-corrected chi connectivity index (χ1v) is 3.29. The summed E-state index contributed by atoms with van der Waals surface area (Å²) in [7, 11) is 2.53. The van der Waals surface area contributed by atoms with Gasteiger partial charge in [0, 0.05) is 12.4 Å². The second-order valence-electron chi connectivity index (χ2n) is 1.13. The molecule has 46 valence electrons. The third kappa shape index (κ3) is 2.81. The first-order chi connectivity index (χ1) is 3.89. The van der Waals surface area contributed by atoms with E-state index in [1.54, 1.807) is 0 Å². The lowest BCUT2D eigenvalue weighted by Gasteiger charge is -1.78. The molecule has 0 bridgehead atoms. The molecule has 0 saturated heterocycles. The molecule has 1 rings (SSSR count). The Balaban J connectivity index is 0.000000222. The highest BCUT2D eigenvalue weighted by Gasteiger charge is 1.68. The summed E-state index contributed by atoms with van der Waals surface area (Å²) in [5.74, 6) is 0. The van der Waals surface area contributed by atoms with Crippen LogP contribution in [0.2, 0.25) is 0 Å². The van der Waals surface area contributed by atoms with Crippen molar-refractivity contribution in [1.82, 2.24) is 4.34 Å². The third-order valence-electron chi connectivity index (χ3n) is 0.628. The molecule has 0 aromatic carbocycles. The largest absolute Gasteiger partial charge is 0.339 e. The molecule has 0 radical (unpaired) electrons. The Labute approximate surface area is 53.0 Å². The lowest BCUT2D eigenvalue weighted by atomic mass is 10.7. The van der Waals surface area contributed by atoms with E-state index in [9.17, 15) is 0 Å². The van der Waals surface area contributed by atoms with Gasteiger partial charge in [-0.3, -0.25) is 0 Å². The molecule has 0 aliphatic carbocycles. The number of hydrogen-bond donors (Lipinski definition) is 0. The van der Waals surface area contributed by atoms with Gasteiger partial charge >= 0.3 is 0 Å². The molecule has 8 heavy (non-hydrogen) atoms. The zero-order chi connectivity index (χ0) is 6.41. The van der Waals surface area contributed by atoms with Gasteiger partial charge in [-0.15, -0.1) is 0 Å². The molecule has 1 aromatic rings. The van der Waals surface area contributed by atoms with Gasteiger partial charge in [0.25, 0.3) is 0 Å². The van der Waals surface area contributed by atoms with E-state index < -0.39 is 0 Å². The molecule has 1 unspecified atom stereocenters. The van der Waals surface area contributed by atoms with Crippen molar-refractivity contribution < 1.29 is 0 Å². The van der Waals surface area contributed by atoms with Crippen molar-refractivity contribution in [2.45, 2.75) is 13.8 Å². The van der Waals surface area contributed by atoms with Gasteiger partial charge in [-0.05, 0) is 21.5 Å². The van der Waals surface area contributed by atoms with E-state index in [2.05, 4.69) is 9.39 Å². The fourth-order valence-electron chi connectivity index (χ4n) is 0.348. The van der Waals surface area contributed by atoms with E-state index in [-0.39, 0.29) is 0 Å². The Morgan fingerprint density at radius 1 is 1.12 bits per heavy atom. The molecule has 1 atom stereocenters. The minimum atomic E-state index is 1.92. The van der Waals surface area contributed by atoms with Crippen molar-refractivity contribution in [1.29, 1.82) is 0 Å². The van der Waals surface area contributed by atoms with Gasteiger partial charge in [0.2, 0.25) is 0 Å². The summed E-state index contributed by atoms with van der Waals surface area (Å²) < 4.78 is 1.92. The van der Waals surface area contributed by atoms with Gasteiger partial charge in [-0.1, -0.05) is 13.8 Å². The van der Waals surface area contributed by atoms with Crippen LogP contribution >= 0.6 is 9.39 Å². The summed E-state index contributed by atoms with van der Waals surface area (Å²) >= 11 is 0. The van der Waals surface area contributed by atoms with Gasteiger partial charge in [0.05, 0.1) is 0 Å². The molecule has 1 nitrogen and oxygen atoms in total. The van der Waals surface area contributed by atoms with Crippen LogP contribution in [0, 0.1) is 0 Å². The summed E-state index contributed by atoms with van der Waals surface area (Å²) in [6.45, 7) is 4.00. The maximum absolute atomic E-state index is 2.53. The molecule has 0 N–H and O–H groups in total. The van der Waals surface area contributed by atoms with Crippen molar-refractivity contribution in [3.8, 4) is 0 Å². The molecule has 1 heterocycles. The molecule has 0 aliphatic heterocycles. The van der Waals surface area contributed by atoms with Crippen LogP contribution < -0.4 is 0 Å². The molecule has 0 amide bonds. The first kappa shape index (κ1) is 7.71. The van der Waals surface area contributed by atoms with E-state index in [0.717, 1.165) is 0 Å². The Morgan fingerprint density at radius 2 is 1.50 bits per heavy atom. The van der Waals surface area contributed by atoms with Crippen LogP contribution in [0.4, 0.5) is 0 Å².